The molecule has 0 unspecified atom stereocenters. The van der Waals surface area contributed by atoms with Crippen molar-refractivity contribution in [3.63, 3.8) is 0 Å². The number of hydrogen-bond acceptors (Lipinski definition) is 5. The van der Waals surface area contributed by atoms with Crippen molar-refractivity contribution in [2.24, 2.45) is 13.0 Å². The van der Waals surface area contributed by atoms with Gasteiger partial charge in [-0.1, -0.05) is 54.9 Å². The number of nitrogens with one attached hydrogen (secondary N) is 1. The number of hydrogen-bond donors (Lipinski definition) is 1. The Kier molecular flexibility index (Phi) is 7.91. The van der Waals surface area contributed by atoms with Gasteiger partial charge >= 0.3 is 0 Å². The van der Waals surface area contributed by atoms with Crippen LogP contribution in [-0.2, 0) is 23.0 Å². The fourth-order valence-electron chi connectivity index (χ4n) is 3.90. The molecule has 1 fully saturated rings. The highest BCUT2D eigenvalue weighted by atomic mass is 32.2. The molecule has 1 aliphatic rings. The van der Waals surface area contributed by atoms with E-state index in [1.165, 1.54) is 12.8 Å². The lowest BCUT2D eigenvalue weighted by atomic mass is 9.84. The van der Waals surface area contributed by atoms with Crippen molar-refractivity contribution in [1.82, 2.24) is 20.1 Å². The number of methoxy groups -OCH3 is 1. The number of amides is 1. The lowest BCUT2D eigenvalue weighted by Crippen LogP contribution is -2.34. The topological polar surface area (TPSA) is 69.0 Å². The van der Waals surface area contributed by atoms with Crippen molar-refractivity contribution >= 4 is 17.7 Å². The number of carbonyl (C=O) groups is 1. The molecule has 152 valence electrons. The third-order valence-corrected chi connectivity index (χ3v) is 6.39. The predicted octanol–water partition coefficient (Wildman–Crippen LogP) is 3.19. The summed E-state index contributed by atoms with van der Waals surface area (Å²) in [6.45, 7) is 1.26. The molecule has 0 aliphatic heterocycles. The first-order valence-corrected chi connectivity index (χ1v) is 11.0. The molecule has 1 amide bonds. The summed E-state index contributed by atoms with van der Waals surface area (Å²) in [7, 11) is 3.66. The number of benzene rings is 1. The van der Waals surface area contributed by atoms with Gasteiger partial charge in [0.2, 0.25) is 5.91 Å². The Hall–Kier alpha value is -1.86. The Bertz CT molecular complexity index is 744. The normalized spacial score (nSPS) is 15.6. The van der Waals surface area contributed by atoms with Crippen LogP contribution in [0.15, 0.2) is 35.5 Å². The Balaban J connectivity index is 1.56. The molecular weight excluding hydrogens is 372 g/mol. The van der Waals surface area contributed by atoms with Crippen LogP contribution < -0.4 is 5.32 Å². The maximum Gasteiger partial charge on any atom is 0.227 e. The van der Waals surface area contributed by atoms with Crippen LogP contribution in [0.25, 0.3) is 0 Å². The first kappa shape index (κ1) is 20.9. The Labute approximate surface area is 171 Å². The fourth-order valence-corrected chi connectivity index (χ4v) is 4.73. The average Bonchev–Trinajstić information content (AvgIpc) is 3.35. The molecule has 28 heavy (non-hydrogen) atoms. The molecule has 0 spiro atoms. The van der Waals surface area contributed by atoms with E-state index in [0.29, 0.717) is 25.5 Å². The van der Waals surface area contributed by atoms with E-state index in [1.807, 2.05) is 29.8 Å². The van der Waals surface area contributed by atoms with Crippen molar-refractivity contribution < 1.29 is 9.53 Å². The second kappa shape index (κ2) is 10.6. The van der Waals surface area contributed by atoms with Crippen LogP contribution in [0, 0.1) is 5.92 Å². The fraction of sp³-hybridized carbons (Fsp3) is 0.571. The number of nitrogens with zero attached hydrogens (tertiary/aromatic N) is 3. The van der Waals surface area contributed by atoms with E-state index in [1.54, 1.807) is 18.9 Å². The summed E-state index contributed by atoms with van der Waals surface area (Å²) >= 11 is 1.63. The number of carbonyl (C=O) groups excluding carboxylic acids is 1. The van der Waals surface area contributed by atoms with Gasteiger partial charge in [0.25, 0.3) is 0 Å². The molecule has 2 aromatic rings. The van der Waals surface area contributed by atoms with Gasteiger partial charge in [-0.05, 0) is 24.3 Å². The van der Waals surface area contributed by atoms with E-state index in [9.17, 15) is 4.79 Å². The molecule has 1 aliphatic carbocycles. The van der Waals surface area contributed by atoms with Crippen LogP contribution >= 0.6 is 11.8 Å². The van der Waals surface area contributed by atoms with Gasteiger partial charge in [-0.25, -0.2) is 0 Å². The molecule has 1 saturated carbocycles. The summed E-state index contributed by atoms with van der Waals surface area (Å²) in [5.41, 5.74) is 1.13. The van der Waals surface area contributed by atoms with Crippen molar-refractivity contribution in [1.29, 1.82) is 0 Å². The number of ether oxygens (including phenoxy) is 1. The zero-order valence-corrected chi connectivity index (χ0v) is 17.6. The van der Waals surface area contributed by atoms with E-state index in [-0.39, 0.29) is 11.8 Å². The molecule has 6 nitrogen and oxygen atoms in total. The van der Waals surface area contributed by atoms with Gasteiger partial charge in [-0.3, -0.25) is 4.79 Å². The maximum atomic E-state index is 13.0. The lowest BCUT2D eigenvalue weighted by molar-refractivity contribution is -0.123. The largest absolute Gasteiger partial charge is 0.384 e. The summed E-state index contributed by atoms with van der Waals surface area (Å²) < 4.78 is 7.07. The quantitative estimate of drug-likeness (QED) is 0.488. The molecule has 0 bridgehead atoms. The van der Waals surface area contributed by atoms with Gasteiger partial charge in [-0.2, -0.15) is 0 Å². The Morgan fingerprint density at radius 3 is 2.75 bits per heavy atom. The van der Waals surface area contributed by atoms with Crippen molar-refractivity contribution in [3.05, 3.63) is 41.7 Å². The van der Waals surface area contributed by atoms with Gasteiger partial charge in [0, 0.05) is 32.9 Å². The Morgan fingerprint density at radius 2 is 2.04 bits per heavy atom. The van der Waals surface area contributed by atoms with Crippen LogP contribution in [0.4, 0.5) is 0 Å². The second-order valence-corrected chi connectivity index (χ2v) is 8.34. The maximum absolute atomic E-state index is 13.0. The molecule has 1 aromatic heterocycles. The van der Waals surface area contributed by atoms with Crippen LogP contribution in [0.5, 0.6) is 0 Å². The summed E-state index contributed by atoms with van der Waals surface area (Å²) in [5, 5.41) is 12.5. The minimum Gasteiger partial charge on any atom is -0.384 e. The molecule has 1 N–H and O–H groups in total. The molecule has 1 heterocycles. The van der Waals surface area contributed by atoms with Crippen LogP contribution in [0.3, 0.4) is 0 Å². The Morgan fingerprint density at radius 1 is 1.29 bits per heavy atom. The first-order valence-electron chi connectivity index (χ1n) is 10.0. The monoisotopic (exact) mass is 402 g/mol. The highest BCUT2D eigenvalue weighted by Gasteiger charge is 2.31. The molecular formula is C21H30N4O2S. The summed E-state index contributed by atoms with van der Waals surface area (Å²) in [4.78, 5) is 13.0. The van der Waals surface area contributed by atoms with Crippen molar-refractivity contribution in [3.8, 4) is 0 Å². The molecule has 3 rings (SSSR count). The highest BCUT2D eigenvalue weighted by molar-refractivity contribution is 7.99. The van der Waals surface area contributed by atoms with Crippen LogP contribution in [0.1, 0.15) is 43.0 Å². The lowest BCUT2D eigenvalue weighted by Gasteiger charge is -2.23. The minimum atomic E-state index is -0.0524. The third kappa shape index (κ3) is 5.35. The van der Waals surface area contributed by atoms with Gasteiger partial charge < -0.3 is 14.6 Å². The predicted molar refractivity (Wildman–Crippen MR) is 111 cm³/mol. The SMILES string of the molecule is COCCSc1nnc(CCNC(=O)[C@H](c2ccccc2)C2CCCC2)n1C. The smallest absolute Gasteiger partial charge is 0.227 e. The van der Waals surface area contributed by atoms with E-state index >= 15 is 0 Å². The molecule has 1 aromatic carbocycles. The van der Waals surface area contributed by atoms with Gasteiger partial charge in [0.1, 0.15) is 5.82 Å². The molecule has 1 atom stereocenters. The van der Waals surface area contributed by atoms with E-state index in [2.05, 4.69) is 27.6 Å². The van der Waals surface area contributed by atoms with Gasteiger partial charge in [-0.15, -0.1) is 10.2 Å². The van der Waals surface area contributed by atoms with Crippen molar-refractivity contribution in [2.45, 2.75) is 43.2 Å². The van der Waals surface area contributed by atoms with E-state index < -0.39 is 0 Å². The number of rotatable bonds is 10. The number of thioether (sulfide) groups is 1. The second-order valence-electron chi connectivity index (χ2n) is 7.27. The molecule has 7 heteroatoms. The summed E-state index contributed by atoms with van der Waals surface area (Å²) in [6, 6.07) is 10.2. The average molecular weight is 403 g/mol. The van der Waals surface area contributed by atoms with Crippen molar-refractivity contribution in [2.75, 3.05) is 26.0 Å². The van der Waals surface area contributed by atoms with Crippen LogP contribution in [0.2, 0.25) is 0 Å². The number of aromatic nitrogens is 3. The van der Waals surface area contributed by atoms with Crippen LogP contribution in [-0.4, -0.2) is 46.7 Å². The van der Waals surface area contributed by atoms with E-state index in [0.717, 1.165) is 35.1 Å². The third-order valence-electron chi connectivity index (χ3n) is 5.40. The zero-order valence-electron chi connectivity index (χ0n) is 16.8. The standard InChI is InChI=1S/C21H30N4O2S/c1-25-18(23-24-21(25)28-15-14-27-2)12-13-22-20(26)19(17-10-6-7-11-17)16-8-4-3-5-9-16/h3-5,8-9,17,19H,6-7,10-15H2,1-2H3,(H,22,26)/t19-/m1/s1. The minimum absolute atomic E-state index is 0.0524. The molecule has 0 radical (unpaired) electrons. The molecule has 0 saturated heterocycles. The summed E-state index contributed by atoms with van der Waals surface area (Å²) in [6.07, 6.45) is 5.40. The summed E-state index contributed by atoms with van der Waals surface area (Å²) in [5.74, 6) is 2.26. The zero-order chi connectivity index (χ0) is 19.8. The van der Waals surface area contributed by atoms with E-state index in [4.69, 9.17) is 4.74 Å². The van der Waals surface area contributed by atoms with Gasteiger partial charge in [0.05, 0.1) is 12.5 Å². The first-order chi connectivity index (χ1) is 13.7. The van der Waals surface area contributed by atoms with Gasteiger partial charge in [0.15, 0.2) is 5.16 Å². The highest BCUT2D eigenvalue weighted by Crippen LogP contribution is 2.37.